The molecule has 1 N–H and O–H groups in total. The Hall–Kier alpha value is -1.85. The lowest BCUT2D eigenvalue weighted by molar-refractivity contribution is -0.135. The summed E-state index contributed by atoms with van der Waals surface area (Å²) < 4.78 is 11.6. The first-order chi connectivity index (χ1) is 13.7. The zero-order chi connectivity index (χ0) is 22.7. The van der Waals surface area contributed by atoms with Gasteiger partial charge in [0.15, 0.2) is 0 Å². The minimum atomic E-state index is -1.71. The molecule has 7 heteroatoms. The predicted molar refractivity (Wildman–Crippen MR) is 121 cm³/mol. The monoisotopic (exact) mass is 432 g/mol. The number of hydrogen-bond donors (Lipinski definition) is 1. The number of nitrogens with zero attached hydrogens (tertiary/aromatic N) is 2. The van der Waals surface area contributed by atoms with Crippen molar-refractivity contribution < 1.29 is 19.5 Å². The van der Waals surface area contributed by atoms with Gasteiger partial charge >= 0.3 is 6.09 Å². The van der Waals surface area contributed by atoms with Crippen LogP contribution < -0.4 is 0 Å². The number of amides is 1. The topological polar surface area (TPSA) is 62.2 Å². The van der Waals surface area contributed by atoms with E-state index >= 15 is 0 Å². The molecule has 0 spiro atoms. The summed E-state index contributed by atoms with van der Waals surface area (Å²) >= 11 is 0. The highest BCUT2D eigenvalue weighted by Gasteiger charge is 2.49. The molecule has 0 saturated carbocycles. The number of carbonyl (C=O) groups excluding carboxylic acids is 1. The first-order valence-electron chi connectivity index (χ1n) is 10.4. The van der Waals surface area contributed by atoms with E-state index in [2.05, 4.69) is 31.1 Å². The summed E-state index contributed by atoms with van der Waals surface area (Å²) in [5.74, 6) is 3.27. The van der Waals surface area contributed by atoms with Crippen molar-refractivity contribution in [3.63, 3.8) is 0 Å². The van der Waals surface area contributed by atoms with Crippen LogP contribution in [-0.2, 0) is 16.0 Å². The van der Waals surface area contributed by atoms with Gasteiger partial charge in [-0.3, -0.25) is 4.90 Å². The summed E-state index contributed by atoms with van der Waals surface area (Å²) in [5, 5.41) is 12.3. The van der Waals surface area contributed by atoms with E-state index in [4.69, 9.17) is 9.47 Å². The summed E-state index contributed by atoms with van der Waals surface area (Å²) in [7, 11) is -1.71. The van der Waals surface area contributed by atoms with Gasteiger partial charge < -0.3 is 14.7 Å². The fourth-order valence-electron chi connectivity index (χ4n) is 3.26. The molecule has 30 heavy (non-hydrogen) atoms. The molecule has 1 aromatic rings. The Balaban J connectivity index is 2.39. The molecular weight excluding hydrogens is 396 g/mol. The normalized spacial score (nSPS) is 19.9. The molecule has 2 atom stereocenters. The molecule has 0 radical (unpaired) electrons. The second-order valence-electron chi connectivity index (χ2n) is 10.2. The van der Waals surface area contributed by atoms with Crippen molar-refractivity contribution in [2.45, 2.75) is 84.2 Å². The quantitative estimate of drug-likeness (QED) is 0.431. The third kappa shape index (κ3) is 6.85. The largest absolute Gasteiger partial charge is 0.444 e. The molecule has 6 nitrogen and oxygen atoms in total. The van der Waals surface area contributed by atoms with Crippen molar-refractivity contribution in [3.05, 3.63) is 35.9 Å². The Labute approximate surface area is 182 Å². The van der Waals surface area contributed by atoms with Gasteiger partial charge in [0.2, 0.25) is 0 Å². The zero-order valence-electron chi connectivity index (χ0n) is 19.5. The van der Waals surface area contributed by atoms with E-state index in [1.165, 1.54) is 5.06 Å². The highest BCUT2D eigenvalue weighted by molar-refractivity contribution is 6.83. The molecule has 1 heterocycles. The number of hydrogen-bond acceptors (Lipinski definition) is 5. The Morgan fingerprint density at radius 2 is 1.93 bits per heavy atom. The highest BCUT2D eigenvalue weighted by Crippen LogP contribution is 2.32. The lowest BCUT2D eigenvalue weighted by Crippen LogP contribution is -2.56. The Morgan fingerprint density at radius 1 is 1.33 bits per heavy atom. The van der Waals surface area contributed by atoms with E-state index < -0.39 is 37.6 Å². The number of rotatable bonds is 4. The van der Waals surface area contributed by atoms with Crippen LogP contribution in [0.2, 0.25) is 19.6 Å². The summed E-state index contributed by atoms with van der Waals surface area (Å²) in [6.07, 6.45) is -0.470. The Bertz CT molecular complexity index is 787. The summed E-state index contributed by atoms with van der Waals surface area (Å²) in [5.41, 5.74) is 2.82. The number of hydroxylamine groups is 2. The van der Waals surface area contributed by atoms with Gasteiger partial charge in [0, 0.05) is 0 Å². The fourth-order valence-corrected chi connectivity index (χ4v) is 3.84. The second kappa shape index (κ2) is 9.11. The molecule has 1 aliphatic heterocycles. The van der Waals surface area contributed by atoms with Crippen molar-refractivity contribution in [1.29, 1.82) is 0 Å². The molecular formula is C23H36N2O4Si. The third-order valence-electron chi connectivity index (χ3n) is 4.58. The van der Waals surface area contributed by atoms with Crippen LogP contribution in [0.1, 0.15) is 40.2 Å². The molecule has 0 aliphatic carbocycles. The van der Waals surface area contributed by atoms with Gasteiger partial charge in [-0.05, 0) is 40.2 Å². The molecule has 0 bridgehead atoms. The minimum Gasteiger partial charge on any atom is -0.444 e. The van der Waals surface area contributed by atoms with Crippen LogP contribution in [0.5, 0.6) is 0 Å². The number of ether oxygens (including phenoxy) is 2. The van der Waals surface area contributed by atoms with Gasteiger partial charge in [0.05, 0.1) is 19.2 Å². The van der Waals surface area contributed by atoms with Crippen molar-refractivity contribution in [3.8, 4) is 11.5 Å². The van der Waals surface area contributed by atoms with Gasteiger partial charge in [0.1, 0.15) is 25.4 Å². The van der Waals surface area contributed by atoms with E-state index in [-0.39, 0.29) is 6.61 Å². The molecule has 0 unspecified atom stereocenters. The number of benzene rings is 1. The maximum Gasteiger partial charge on any atom is 0.412 e. The van der Waals surface area contributed by atoms with E-state index in [1.54, 1.807) is 4.90 Å². The minimum absolute atomic E-state index is 0.267. The molecule has 0 aromatic heterocycles. The Morgan fingerprint density at radius 3 is 2.47 bits per heavy atom. The maximum absolute atomic E-state index is 13.1. The summed E-state index contributed by atoms with van der Waals surface area (Å²) in [4.78, 5) is 14.6. The van der Waals surface area contributed by atoms with Crippen molar-refractivity contribution in [1.82, 2.24) is 9.96 Å². The van der Waals surface area contributed by atoms with Crippen molar-refractivity contribution >= 4 is 14.2 Å². The summed E-state index contributed by atoms with van der Waals surface area (Å²) in [6, 6.07) is 8.63. The van der Waals surface area contributed by atoms with Crippen LogP contribution in [0.25, 0.3) is 0 Å². The van der Waals surface area contributed by atoms with Crippen molar-refractivity contribution in [2.75, 3.05) is 6.61 Å². The maximum atomic E-state index is 13.1. The Kier molecular flexibility index (Phi) is 7.41. The van der Waals surface area contributed by atoms with Crippen LogP contribution in [0, 0.1) is 11.5 Å². The van der Waals surface area contributed by atoms with Crippen molar-refractivity contribution in [2.24, 2.45) is 0 Å². The van der Waals surface area contributed by atoms with Gasteiger partial charge in [0.25, 0.3) is 0 Å². The van der Waals surface area contributed by atoms with E-state index in [9.17, 15) is 10.0 Å². The molecule has 1 aliphatic rings. The van der Waals surface area contributed by atoms with Crippen LogP contribution in [0.15, 0.2) is 30.3 Å². The molecule has 166 valence electrons. The van der Waals surface area contributed by atoms with E-state index in [0.29, 0.717) is 6.54 Å². The molecule has 2 rings (SSSR count). The van der Waals surface area contributed by atoms with Gasteiger partial charge in [-0.15, -0.1) is 5.54 Å². The number of carbonyl (C=O) groups is 1. The van der Waals surface area contributed by atoms with E-state index in [0.717, 1.165) is 5.56 Å². The lowest BCUT2D eigenvalue weighted by atomic mass is 10.1. The fraction of sp³-hybridized carbons (Fsp3) is 0.609. The molecule has 1 aromatic carbocycles. The zero-order valence-corrected chi connectivity index (χ0v) is 20.5. The van der Waals surface area contributed by atoms with Gasteiger partial charge in [-0.1, -0.05) is 55.9 Å². The third-order valence-corrected chi connectivity index (χ3v) is 5.47. The SMILES string of the molecule is CC(C)(C)OC(=O)N1[C@H]([C@H](C#C[Si](C)(C)C)N(O)Cc2ccccc2)COC1(C)C. The van der Waals surface area contributed by atoms with E-state index in [1.807, 2.05) is 65.0 Å². The molecule has 1 amide bonds. The average molecular weight is 433 g/mol. The predicted octanol–water partition coefficient (Wildman–Crippen LogP) is 4.50. The highest BCUT2D eigenvalue weighted by atomic mass is 28.3. The smallest absolute Gasteiger partial charge is 0.412 e. The standard InChI is InChI=1S/C23H36N2O4Si/c1-22(2,3)29-21(26)25-20(17-28-23(25,4)5)19(14-15-30(6,7)8)24(27)16-18-12-10-9-11-13-18/h9-13,19-20,27H,16-17H2,1-8H3/t19-,20-/m0/s1. The molecule has 1 saturated heterocycles. The van der Waals surface area contributed by atoms with Gasteiger partial charge in [-0.25, -0.2) is 4.79 Å². The molecule has 1 fully saturated rings. The van der Waals surface area contributed by atoms with Crippen LogP contribution >= 0.6 is 0 Å². The first kappa shape index (κ1) is 24.4. The average Bonchev–Trinajstić information content (AvgIpc) is 2.88. The second-order valence-corrected chi connectivity index (χ2v) is 15.0. The summed E-state index contributed by atoms with van der Waals surface area (Å²) in [6.45, 7) is 16.2. The first-order valence-corrected chi connectivity index (χ1v) is 13.9. The van der Waals surface area contributed by atoms with Gasteiger partial charge in [-0.2, -0.15) is 5.06 Å². The van der Waals surface area contributed by atoms with Crippen LogP contribution in [0.3, 0.4) is 0 Å². The lowest BCUT2D eigenvalue weighted by Gasteiger charge is -2.38. The van der Waals surface area contributed by atoms with Crippen LogP contribution in [0.4, 0.5) is 4.79 Å². The van der Waals surface area contributed by atoms with Crippen LogP contribution in [-0.4, -0.2) is 59.4 Å².